The summed E-state index contributed by atoms with van der Waals surface area (Å²) in [6.07, 6.45) is 1.80. The van der Waals surface area contributed by atoms with E-state index in [0.29, 0.717) is 6.61 Å². The van der Waals surface area contributed by atoms with Crippen LogP contribution in [0.25, 0.3) is 10.9 Å². The molecule has 1 aliphatic heterocycles. The van der Waals surface area contributed by atoms with Crippen molar-refractivity contribution in [2.45, 2.75) is 26.4 Å². The Morgan fingerprint density at radius 1 is 1.44 bits per heavy atom. The van der Waals surface area contributed by atoms with Crippen LogP contribution in [0.1, 0.15) is 23.7 Å². The van der Waals surface area contributed by atoms with Crippen LogP contribution in [0.2, 0.25) is 5.02 Å². The monoisotopic (exact) mass is 325 g/mol. The smallest absolute Gasteiger partial charge is 0.0753 e. The average Bonchev–Trinajstić information content (AvgIpc) is 2.39. The Bertz CT molecular complexity index is 627. The van der Waals surface area contributed by atoms with E-state index in [1.807, 2.05) is 6.07 Å². The van der Waals surface area contributed by atoms with Crippen LogP contribution in [0.5, 0.6) is 0 Å². The molecule has 18 heavy (non-hydrogen) atoms. The van der Waals surface area contributed by atoms with Crippen molar-refractivity contribution in [3.63, 3.8) is 0 Å². The number of hydrogen-bond donors (Lipinski definition) is 0. The quantitative estimate of drug-likeness (QED) is 0.780. The number of halogens is 2. The molecule has 0 saturated carbocycles. The maximum atomic E-state index is 6.52. The predicted octanol–water partition coefficient (Wildman–Crippen LogP) is 4.29. The van der Waals surface area contributed by atoms with E-state index in [4.69, 9.17) is 21.3 Å². The molecular formula is C14H13BrClNO. The third kappa shape index (κ3) is 1.94. The van der Waals surface area contributed by atoms with Gasteiger partial charge < -0.3 is 4.74 Å². The molecular weight excluding hydrogens is 314 g/mol. The summed E-state index contributed by atoms with van der Waals surface area (Å²) in [6, 6.07) is 4.16. The summed E-state index contributed by atoms with van der Waals surface area (Å²) in [5.41, 5.74) is 4.41. The summed E-state index contributed by atoms with van der Waals surface area (Å²) in [6.45, 7) is 3.45. The highest BCUT2D eigenvalue weighted by Gasteiger charge is 2.18. The Morgan fingerprint density at radius 2 is 2.28 bits per heavy atom. The molecule has 1 aromatic heterocycles. The van der Waals surface area contributed by atoms with Gasteiger partial charge in [0.1, 0.15) is 0 Å². The maximum Gasteiger partial charge on any atom is 0.0753 e. The van der Waals surface area contributed by atoms with Gasteiger partial charge in [-0.25, -0.2) is 0 Å². The lowest BCUT2D eigenvalue weighted by Crippen LogP contribution is -2.13. The first-order valence-corrected chi connectivity index (χ1v) is 7.25. The Labute approximate surface area is 119 Å². The van der Waals surface area contributed by atoms with Crippen LogP contribution in [0, 0.1) is 0 Å². The predicted molar refractivity (Wildman–Crippen MR) is 77.2 cm³/mol. The molecule has 4 heteroatoms. The summed E-state index contributed by atoms with van der Waals surface area (Å²) in [5.74, 6) is 0. The number of pyridine rings is 1. The van der Waals surface area contributed by atoms with Crippen LogP contribution in [-0.2, 0) is 24.2 Å². The number of fused-ring (bicyclic) bond motifs is 2. The molecule has 3 rings (SSSR count). The minimum atomic E-state index is 0.574. The van der Waals surface area contributed by atoms with Gasteiger partial charge in [0.05, 0.1) is 29.4 Å². The van der Waals surface area contributed by atoms with Crippen molar-refractivity contribution in [3.05, 3.63) is 38.4 Å². The fourth-order valence-corrected chi connectivity index (χ4v) is 3.23. The molecule has 0 saturated heterocycles. The van der Waals surface area contributed by atoms with E-state index in [2.05, 4.69) is 28.9 Å². The molecule has 2 heterocycles. The van der Waals surface area contributed by atoms with Crippen molar-refractivity contribution < 1.29 is 4.74 Å². The van der Waals surface area contributed by atoms with Gasteiger partial charge >= 0.3 is 0 Å². The van der Waals surface area contributed by atoms with Gasteiger partial charge in [0.15, 0.2) is 0 Å². The molecule has 1 aliphatic rings. The van der Waals surface area contributed by atoms with Crippen LogP contribution in [0.15, 0.2) is 16.6 Å². The van der Waals surface area contributed by atoms with E-state index in [1.165, 1.54) is 5.56 Å². The van der Waals surface area contributed by atoms with E-state index in [1.54, 1.807) is 0 Å². The molecule has 0 spiro atoms. The average molecular weight is 327 g/mol. The molecule has 0 aliphatic carbocycles. The fraction of sp³-hybridized carbons (Fsp3) is 0.357. The van der Waals surface area contributed by atoms with E-state index in [-0.39, 0.29) is 0 Å². The van der Waals surface area contributed by atoms with Crippen LogP contribution >= 0.6 is 27.5 Å². The largest absolute Gasteiger partial charge is 0.376 e. The summed E-state index contributed by atoms with van der Waals surface area (Å²) in [5, 5.41) is 1.82. The second-order valence-corrected chi connectivity index (χ2v) is 5.76. The summed E-state index contributed by atoms with van der Waals surface area (Å²) in [7, 11) is 0. The van der Waals surface area contributed by atoms with Crippen molar-refractivity contribution >= 4 is 38.4 Å². The van der Waals surface area contributed by atoms with Crippen molar-refractivity contribution in [1.82, 2.24) is 4.98 Å². The molecule has 0 bridgehead atoms. The van der Waals surface area contributed by atoms with E-state index in [9.17, 15) is 0 Å². The zero-order valence-corrected chi connectivity index (χ0v) is 12.4. The Morgan fingerprint density at radius 3 is 3.06 bits per heavy atom. The number of ether oxygens (including phenoxy) is 1. The Hall–Kier alpha value is -0.640. The third-order valence-electron chi connectivity index (χ3n) is 3.36. The zero-order valence-electron chi connectivity index (χ0n) is 10.1. The van der Waals surface area contributed by atoms with Crippen LogP contribution < -0.4 is 0 Å². The highest BCUT2D eigenvalue weighted by molar-refractivity contribution is 9.10. The normalized spacial score (nSPS) is 14.8. The van der Waals surface area contributed by atoms with Gasteiger partial charge in [0.25, 0.3) is 0 Å². The van der Waals surface area contributed by atoms with Gasteiger partial charge in [-0.05, 0) is 24.1 Å². The number of hydrogen-bond acceptors (Lipinski definition) is 2. The van der Waals surface area contributed by atoms with E-state index >= 15 is 0 Å². The van der Waals surface area contributed by atoms with E-state index < -0.39 is 0 Å². The highest BCUT2D eigenvalue weighted by atomic mass is 79.9. The van der Waals surface area contributed by atoms with E-state index in [0.717, 1.165) is 51.1 Å². The minimum Gasteiger partial charge on any atom is -0.376 e. The topological polar surface area (TPSA) is 22.1 Å². The number of rotatable bonds is 1. The number of aryl methyl sites for hydroxylation is 1. The molecule has 1 aromatic carbocycles. The second kappa shape index (κ2) is 4.80. The molecule has 0 N–H and O–H groups in total. The Balaban J connectivity index is 2.37. The molecule has 0 radical (unpaired) electrons. The Kier molecular flexibility index (Phi) is 3.31. The van der Waals surface area contributed by atoms with Gasteiger partial charge in [-0.3, -0.25) is 4.98 Å². The van der Waals surface area contributed by atoms with Gasteiger partial charge in [-0.15, -0.1) is 0 Å². The standard InChI is InChI=1S/C14H13BrClNO/c1-2-8-5-9(15)6-10-13(16)11-7-18-4-3-12(11)17-14(8)10/h5-6H,2-4,7H2,1H3. The zero-order chi connectivity index (χ0) is 12.7. The highest BCUT2D eigenvalue weighted by Crippen LogP contribution is 2.34. The maximum absolute atomic E-state index is 6.52. The van der Waals surface area contributed by atoms with Crippen LogP contribution in [0.3, 0.4) is 0 Å². The third-order valence-corrected chi connectivity index (χ3v) is 4.25. The summed E-state index contributed by atoms with van der Waals surface area (Å²) >= 11 is 10.1. The summed E-state index contributed by atoms with van der Waals surface area (Å²) in [4.78, 5) is 4.80. The molecule has 0 unspecified atom stereocenters. The lowest BCUT2D eigenvalue weighted by molar-refractivity contribution is 0.109. The first kappa shape index (κ1) is 12.4. The summed E-state index contributed by atoms with van der Waals surface area (Å²) < 4.78 is 6.52. The van der Waals surface area contributed by atoms with Gasteiger partial charge in [0.2, 0.25) is 0 Å². The number of nitrogens with zero attached hydrogens (tertiary/aromatic N) is 1. The van der Waals surface area contributed by atoms with Crippen molar-refractivity contribution in [2.24, 2.45) is 0 Å². The van der Waals surface area contributed by atoms with Crippen molar-refractivity contribution in [1.29, 1.82) is 0 Å². The lowest BCUT2D eigenvalue weighted by atomic mass is 10.0. The minimum absolute atomic E-state index is 0.574. The van der Waals surface area contributed by atoms with Gasteiger partial charge in [-0.1, -0.05) is 34.5 Å². The molecule has 0 amide bonds. The molecule has 94 valence electrons. The van der Waals surface area contributed by atoms with Crippen LogP contribution in [-0.4, -0.2) is 11.6 Å². The molecule has 2 aromatic rings. The van der Waals surface area contributed by atoms with Crippen molar-refractivity contribution in [3.8, 4) is 0 Å². The number of aromatic nitrogens is 1. The fourth-order valence-electron chi connectivity index (χ4n) is 2.41. The number of benzene rings is 1. The SMILES string of the molecule is CCc1cc(Br)cc2c(Cl)c3c(nc12)CCOC3. The molecule has 2 nitrogen and oxygen atoms in total. The lowest BCUT2D eigenvalue weighted by Gasteiger charge is -2.19. The first-order valence-electron chi connectivity index (χ1n) is 6.07. The van der Waals surface area contributed by atoms with Gasteiger partial charge in [0, 0.05) is 21.8 Å². The van der Waals surface area contributed by atoms with Crippen LogP contribution in [0.4, 0.5) is 0 Å². The van der Waals surface area contributed by atoms with Crippen molar-refractivity contribution in [2.75, 3.05) is 6.61 Å². The molecule has 0 fully saturated rings. The van der Waals surface area contributed by atoms with Gasteiger partial charge in [-0.2, -0.15) is 0 Å². The first-order chi connectivity index (χ1) is 8.70. The second-order valence-electron chi connectivity index (χ2n) is 4.47. The molecule has 0 atom stereocenters.